The molecule has 4 nitrogen and oxygen atoms in total. The minimum absolute atomic E-state index is 0.0616. The lowest BCUT2D eigenvalue weighted by molar-refractivity contribution is 0.602. The molecule has 2 rings (SSSR count). The highest BCUT2D eigenvalue weighted by atomic mass is 35.5. The van der Waals surface area contributed by atoms with E-state index in [-0.39, 0.29) is 5.75 Å². The summed E-state index contributed by atoms with van der Waals surface area (Å²) in [6.07, 6.45) is 0. The molecule has 0 bridgehead atoms. The van der Waals surface area contributed by atoms with Crippen LogP contribution in [0, 0.1) is 0 Å². The van der Waals surface area contributed by atoms with Gasteiger partial charge in [0.25, 0.3) is 0 Å². The molecule has 0 fully saturated rings. The van der Waals surface area contributed by atoms with Crippen molar-refractivity contribution in [2.75, 3.05) is 15.8 Å². The van der Waals surface area contributed by atoms with Crippen molar-refractivity contribution in [3.8, 4) is 0 Å². The van der Waals surface area contributed by atoms with E-state index >= 15 is 0 Å². The third-order valence-corrected chi connectivity index (χ3v) is 5.22. The van der Waals surface area contributed by atoms with Gasteiger partial charge in [-0.15, -0.1) is 11.3 Å². The molecule has 0 aliphatic carbocycles. The fraction of sp³-hybridized carbons (Fsp3) is 0.231. The van der Waals surface area contributed by atoms with Gasteiger partial charge in [0, 0.05) is 28.2 Å². The maximum Gasteiger partial charge on any atom is 0.232 e. The molecule has 0 spiro atoms. The SMILES string of the molecule is CCS(=O)(=O)Nc1ccc(NCc2cc(Cl)cs2)cc1. The summed E-state index contributed by atoms with van der Waals surface area (Å²) in [7, 11) is -3.22. The second-order valence-electron chi connectivity index (χ2n) is 4.17. The number of hydrogen-bond acceptors (Lipinski definition) is 4. The molecule has 0 unspecified atom stereocenters. The Kier molecular flexibility index (Phi) is 4.91. The predicted molar refractivity (Wildman–Crippen MR) is 86.2 cm³/mol. The van der Waals surface area contributed by atoms with Gasteiger partial charge in [-0.2, -0.15) is 0 Å². The Hall–Kier alpha value is -1.24. The molecule has 2 N–H and O–H groups in total. The third kappa shape index (κ3) is 4.40. The highest BCUT2D eigenvalue weighted by molar-refractivity contribution is 7.92. The van der Waals surface area contributed by atoms with Crippen molar-refractivity contribution in [2.45, 2.75) is 13.5 Å². The second kappa shape index (κ2) is 6.47. The van der Waals surface area contributed by atoms with Gasteiger partial charge < -0.3 is 5.32 Å². The number of sulfonamides is 1. The second-order valence-corrected chi connectivity index (χ2v) is 7.61. The van der Waals surface area contributed by atoms with Gasteiger partial charge in [-0.05, 0) is 37.3 Å². The van der Waals surface area contributed by atoms with E-state index in [4.69, 9.17) is 11.6 Å². The molecule has 1 aromatic carbocycles. The van der Waals surface area contributed by atoms with Crippen molar-refractivity contribution in [1.29, 1.82) is 0 Å². The third-order valence-electron chi connectivity index (χ3n) is 2.63. The zero-order valence-corrected chi connectivity index (χ0v) is 13.3. The van der Waals surface area contributed by atoms with Crippen molar-refractivity contribution in [2.24, 2.45) is 0 Å². The van der Waals surface area contributed by atoms with E-state index in [1.165, 1.54) is 0 Å². The van der Waals surface area contributed by atoms with Gasteiger partial charge in [-0.3, -0.25) is 4.72 Å². The van der Waals surface area contributed by atoms with Crippen molar-refractivity contribution in [1.82, 2.24) is 0 Å². The number of thiophene rings is 1. The van der Waals surface area contributed by atoms with Gasteiger partial charge in [0.05, 0.1) is 10.8 Å². The molecule has 0 atom stereocenters. The smallest absolute Gasteiger partial charge is 0.232 e. The van der Waals surface area contributed by atoms with Crippen LogP contribution >= 0.6 is 22.9 Å². The van der Waals surface area contributed by atoms with Gasteiger partial charge in [0.1, 0.15) is 0 Å². The number of rotatable bonds is 6. The Balaban J connectivity index is 1.94. The molecule has 108 valence electrons. The first-order valence-electron chi connectivity index (χ1n) is 6.06. The Morgan fingerprint density at radius 2 is 1.85 bits per heavy atom. The lowest BCUT2D eigenvalue weighted by Crippen LogP contribution is -2.14. The van der Waals surface area contributed by atoms with Crippen molar-refractivity contribution in [3.05, 3.63) is 45.6 Å². The summed E-state index contributed by atoms with van der Waals surface area (Å²) < 4.78 is 25.4. The predicted octanol–water partition coefficient (Wildman–Crippen LogP) is 3.78. The molecule has 0 aliphatic rings. The van der Waals surface area contributed by atoms with E-state index in [0.717, 1.165) is 15.6 Å². The van der Waals surface area contributed by atoms with E-state index in [1.54, 1.807) is 30.4 Å². The highest BCUT2D eigenvalue weighted by Crippen LogP contribution is 2.21. The Morgan fingerprint density at radius 3 is 2.40 bits per heavy atom. The summed E-state index contributed by atoms with van der Waals surface area (Å²) in [5.41, 5.74) is 1.49. The summed E-state index contributed by atoms with van der Waals surface area (Å²) in [5, 5.41) is 5.89. The van der Waals surface area contributed by atoms with E-state index < -0.39 is 10.0 Å². The standard InChI is InChI=1S/C13H15ClN2O2S2/c1-2-20(17,18)16-12-5-3-11(4-6-12)15-8-13-7-10(14)9-19-13/h3-7,9,15-16H,2,8H2,1H3. The van der Waals surface area contributed by atoms with Gasteiger partial charge >= 0.3 is 0 Å². The van der Waals surface area contributed by atoms with Crippen LogP contribution in [0.4, 0.5) is 11.4 Å². The Labute approximate surface area is 127 Å². The largest absolute Gasteiger partial charge is 0.380 e. The molecule has 7 heteroatoms. The quantitative estimate of drug-likeness (QED) is 0.847. The molecule has 0 radical (unpaired) electrons. The molecule has 0 saturated carbocycles. The van der Waals surface area contributed by atoms with Crippen molar-refractivity contribution < 1.29 is 8.42 Å². The van der Waals surface area contributed by atoms with E-state index in [9.17, 15) is 8.42 Å². The van der Waals surface area contributed by atoms with Crippen LogP contribution in [-0.2, 0) is 16.6 Å². The molecule has 1 aromatic heterocycles. The van der Waals surface area contributed by atoms with E-state index in [1.807, 2.05) is 23.6 Å². The Morgan fingerprint density at radius 1 is 1.20 bits per heavy atom. The summed E-state index contributed by atoms with van der Waals surface area (Å²) in [6.45, 7) is 2.29. The average molecular weight is 331 g/mol. The fourth-order valence-electron chi connectivity index (χ4n) is 1.54. The van der Waals surface area contributed by atoms with Crippen molar-refractivity contribution >= 4 is 44.3 Å². The molecular weight excluding hydrogens is 316 g/mol. The van der Waals surface area contributed by atoms with Gasteiger partial charge in [-0.1, -0.05) is 11.6 Å². The summed E-state index contributed by atoms with van der Waals surface area (Å²) in [6, 6.07) is 9.06. The molecule has 20 heavy (non-hydrogen) atoms. The fourth-order valence-corrected chi connectivity index (χ4v) is 3.20. The minimum atomic E-state index is -3.22. The number of anilines is 2. The van der Waals surface area contributed by atoms with E-state index in [0.29, 0.717) is 12.2 Å². The Bertz CT molecular complexity index is 666. The minimum Gasteiger partial charge on any atom is -0.380 e. The first kappa shape index (κ1) is 15.2. The van der Waals surface area contributed by atoms with Crippen LogP contribution < -0.4 is 10.0 Å². The highest BCUT2D eigenvalue weighted by Gasteiger charge is 2.06. The van der Waals surface area contributed by atoms with E-state index in [2.05, 4.69) is 10.0 Å². The molecular formula is C13H15ClN2O2S2. The first-order chi connectivity index (χ1) is 9.48. The topological polar surface area (TPSA) is 58.2 Å². The number of hydrogen-bond donors (Lipinski definition) is 2. The first-order valence-corrected chi connectivity index (χ1v) is 8.97. The van der Waals surface area contributed by atoms with Crippen LogP contribution in [0.5, 0.6) is 0 Å². The monoisotopic (exact) mass is 330 g/mol. The van der Waals surface area contributed by atoms with Gasteiger partial charge in [-0.25, -0.2) is 8.42 Å². The normalized spacial score (nSPS) is 11.3. The van der Waals surface area contributed by atoms with Crippen LogP contribution in [0.1, 0.15) is 11.8 Å². The average Bonchev–Trinajstić information content (AvgIpc) is 2.83. The van der Waals surface area contributed by atoms with Crippen LogP contribution in [0.25, 0.3) is 0 Å². The molecule has 0 aliphatic heterocycles. The van der Waals surface area contributed by atoms with Crippen LogP contribution in [-0.4, -0.2) is 14.2 Å². The molecule has 1 heterocycles. The number of benzene rings is 1. The maximum atomic E-state index is 11.4. The summed E-state index contributed by atoms with van der Waals surface area (Å²) in [5.74, 6) is 0.0616. The summed E-state index contributed by atoms with van der Waals surface area (Å²) >= 11 is 7.45. The van der Waals surface area contributed by atoms with Crippen LogP contribution in [0.3, 0.4) is 0 Å². The lowest BCUT2D eigenvalue weighted by Gasteiger charge is -2.08. The lowest BCUT2D eigenvalue weighted by atomic mass is 10.3. The van der Waals surface area contributed by atoms with Gasteiger partial charge in [0.2, 0.25) is 10.0 Å². The molecule has 0 saturated heterocycles. The number of halogens is 1. The summed E-state index contributed by atoms with van der Waals surface area (Å²) in [4.78, 5) is 1.14. The van der Waals surface area contributed by atoms with Gasteiger partial charge in [0.15, 0.2) is 0 Å². The van der Waals surface area contributed by atoms with Crippen LogP contribution in [0.15, 0.2) is 35.7 Å². The van der Waals surface area contributed by atoms with Crippen LogP contribution in [0.2, 0.25) is 5.02 Å². The zero-order valence-electron chi connectivity index (χ0n) is 10.9. The maximum absolute atomic E-state index is 11.4. The molecule has 0 amide bonds. The van der Waals surface area contributed by atoms with Crippen molar-refractivity contribution in [3.63, 3.8) is 0 Å². The zero-order chi connectivity index (χ0) is 14.6. The molecule has 2 aromatic rings. The number of nitrogens with one attached hydrogen (secondary N) is 2.